The van der Waals surface area contributed by atoms with Gasteiger partial charge in [-0.1, -0.05) is 19.1 Å². The fourth-order valence-electron chi connectivity index (χ4n) is 1.44. The monoisotopic (exact) mass is 287 g/mol. The molecule has 1 unspecified atom stereocenters. The molecule has 19 heavy (non-hydrogen) atoms. The zero-order valence-corrected chi connectivity index (χ0v) is 11.4. The second-order valence-corrected chi connectivity index (χ2v) is 5.80. The van der Waals surface area contributed by atoms with Crippen LogP contribution in [0.5, 0.6) is 0 Å². The number of benzene rings is 1. The number of aliphatic hydroxyl groups is 1. The highest BCUT2D eigenvalue weighted by Crippen LogP contribution is 2.10. The average molecular weight is 287 g/mol. The van der Waals surface area contributed by atoms with Gasteiger partial charge in [-0.25, -0.2) is 17.9 Å². The summed E-state index contributed by atoms with van der Waals surface area (Å²) in [6.45, 7) is 1.83. The zero-order chi connectivity index (χ0) is 14.5. The van der Waals surface area contributed by atoms with Crippen molar-refractivity contribution in [2.24, 2.45) is 0 Å². The molecule has 0 spiro atoms. The molecule has 0 saturated heterocycles. The summed E-state index contributed by atoms with van der Waals surface area (Å²) in [6, 6.07) is 6.44. The van der Waals surface area contributed by atoms with Crippen molar-refractivity contribution in [2.45, 2.75) is 30.8 Å². The Morgan fingerprint density at radius 3 is 2.37 bits per heavy atom. The van der Waals surface area contributed by atoms with E-state index in [1.165, 1.54) is 12.1 Å². The molecule has 0 amide bonds. The van der Waals surface area contributed by atoms with Crippen molar-refractivity contribution in [1.82, 2.24) is 4.72 Å². The first-order valence-corrected chi connectivity index (χ1v) is 7.34. The van der Waals surface area contributed by atoms with Crippen molar-refractivity contribution in [3.63, 3.8) is 0 Å². The SMILES string of the molecule is CCc1ccc(S(=O)(=O)NCCC(O)C(=O)O)cc1. The smallest absolute Gasteiger partial charge is 0.332 e. The van der Waals surface area contributed by atoms with Gasteiger partial charge in [0.25, 0.3) is 0 Å². The second kappa shape index (κ2) is 6.65. The van der Waals surface area contributed by atoms with Crippen LogP contribution in [0.3, 0.4) is 0 Å². The average Bonchev–Trinajstić information content (AvgIpc) is 2.38. The molecule has 6 nitrogen and oxygen atoms in total. The van der Waals surface area contributed by atoms with Crippen molar-refractivity contribution >= 4 is 16.0 Å². The molecule has 0 radical (unpaired) electrons. The van der Waals surface area contributed by atoms with Gasteiger partial charge >= 0.3 is 5.97 Å². The largest absolute Gasteiger partial charge is 0.479 e. The molecule has 106 valence electrons. The van der Waals surface area contributed by atoms with E-state index in [0.717, 1.165) is 12.0 Å². The first-order chi connectivity index (χ1) is 8.86. The van der Waals surface area contributed by atoms with Gasteiger partial charge in [0.15, 0.2) is 6.10 Å². The third-order valence-electron chi connectivity index (χ3n) is 2.64. The lowest BCUT2D eigenvalue weighted by Gasteiger charge is -2.08. The Bertz CT molecular complexity index is 524. The summed E-state index contributed by atoms with van der Waals surface area (Å²) in [5, 5.41) is 17.5. The highest BCUT2D eigenvalue weighted by Gasteiger charge is 2.16. The molecule has 0 heterocycles. The van der Waals surface area contributed by atoms with Gasteiger partial charge in [-0.2, -0.15) is 0 Å². The fourth-order valence-corrected chi connectivity index (χ4v) is 2.49. The van der Waals surface area contributed by atoms with Crippen LogP contribution >= 0.6 is 0 Å². The Morgan fingerprint density at radius 1 is 1.32 bits per heavy atom. The molecule has 1 atom stereocenters. The van der Waals surface area contributed by atoms with Gasteiger partial charge < -0.3 is 10.2 Å². The summed E-state index contributed by atoms with van der Waals surface area (Å²) >= 11 is 0. The van der Waals surface area contributed by atoms with E-state index in [0.29, 0.717) is 0 Å². The van der Waals surface area contributed by atoms with Gasteiger partial charge in [0.05, 0.1) is 4.90 Å². The maximum atomic E-state index is 11.8. The quantitative estimate of drug-likeness (QED) is 0.672. The minimum atomic E-state index is -3.66. The summed E-state index contributed by atoms with van der Waals surface area (Å²) < 4.78 is 25.9. The van der Waals surface area contributed by atoms with Crippen LogP contribution < -0.4 is 4.72 Å². The van der Waals surface area contributed by atoms with E-state index in [1.807, 2.05) is 6.92 Å². The Labute approximate surface area is 112 Å². The Kier molecular flexibility index (Phi) is 5.46. The number of aryl methyl sites for hydroxylation is 1. The van der Waals surface area contributed by atoms with Crippen LogP contribution in [0.25, 0.3) is 0 Å². The molecule has 0 aliphatic rings. The van der Waals surface area contributed by atoms with Gasteiger partial charge in [-0.3, -0.25) is 0 Å². The third kappa shape index (κ3) is 4.62. The van der Waals surface area contributed by atoms with Crippen LogP contribution in [0.1, 0.15) is 18.9 Å². The predicted molar refractivity (Wildman–Crippen MR) is 69.3 cm³/mol. The van der Waals surface area contributed by atoms with Gasteiger partial charge in [0.1, 0.15) is 0 Å². The number of nitrogens with one attached hydrogen (secondary N) is 1. The molecule has 0 aromatic heterocycles. The summed E-state index contributed by atoms with van der Waals surface area (Å²) in [5.41, 5.74) is 1.03. The topological polar surface area (TPSA) is 104 Å². The minimum Gasteiger partial charge on any atom is -0.479 e. The lowest BCUT2D eigenvalue weighted by Crippen LogP contribution is -2.30. The van der Waals surface area contributed by atoms with E-state index in [1.54, 1.807) is 12.1 Å². The molecule has 1 rings (SSSR count). The van der Waals surface area contributed by atoms with Crippen molar-refractivity contribution in [3.8, 4) is 0 Å². The minimum absolute atomic E-state index is 0.120. The standard InChI is InChI=1S/C12H17NO5S/c1-2-9-3-5-10(6-4-9)19(17,18)13-8-7-11(14)12(15)16/h3-6,11,13-14H,2,7-8H2,1H3,(H,15,16). The molecule has 0 aliphatic heterocycles. The zero-order valence-electron chi connectivity index (χ0n) is 10.5. The van der Waals surface area contributed by atoms with Crippen molar-refractivity contribution in [1.29, 1.82) is 0 Å². The molecule has 0 saturated carbocycles. The van der Waals surface area contributed by atoms with Crippen LogP contribution in [-0.2, 0) is 21.2 Å². The van der Waals surface area contributed by atoms with E-state index < -0.39 is 22.1 Å². The number of carboxylic acid groups (broad SMARTS) is 1. The van der Waals surface area contributed by atoms with Crippen molar-refractivity contribution < 1.29 is 23.4 Å². The Balaban J connectivity index is 2.62. The van der Waals surface area contributed by atoms with Gasteiger partial charge in [-0.05, 0) is 30.5 Å². The third-order valence-corrected chi connectivity index (χ3v) is 4.11. The number of sulfonamides is 1. The predicted octanol–water partition coefficient (Wildman–Crippen LogP) is 0.363. The van der Waals surface area contributed by atoms with E-state index in [9.17, 15) is 13.2 Å². The fraction of sp³-hybridized carbons (Fsp3) is 0.417. The molecule has 0 fully saturated rings. The number of aliphatic hydroxyl groups excluding tert-OH is 1. The van der Waals surface area contributed by atoms with E-state index >= 15 is 0 Å². The van der Waals surface area contributed by atoms with Crippen LogP contribution in [0, 0.1) is 0 Å². The Hall–Kier alpha value is -1.44. The lowest BCUT2D eigenvalue weighted by atomic mass is 10.2. The second-order valence-electron chi connectivity index (χ2n) is 4.04. The highest BCUT2D eigenvalue weighted by molar-refractivity contribution is 7.89. The molecule has 3 N–H and O–H groups in total. The van der Waals surface area contributed by atoms with Crippen LogP contribution in [-0.4, -0.2) is 37.2 Å². The van der Waals surface area contributed by atoms with E-state index in [4.69, 9.17) is 10.2 Å². The number of hydrogen-bond donors (Lipinski definition) is 3. The molecule has 7 heteroatoms. The van der Waals surface area contributed by atoms with Crippen LogP contribution in [0.15, 0.2) is 29.2 Å². The van der Waals surface area contributed by atoms with Gasteiger partial charge in [-0.15, -0.1) is 0 Å². The molecular weight excluding hydrogens is 270 g/mol. The summed E-state index contributed by atoms with van der Waals surface area (Å²) in [7, 11) is -3.66. The number of hydrogen-bond acceptors (Lipinski definition) is 4. The maximum absolute atomic E-state index is 11.8. The van der Waals surface area contributed by atoms with Crippen LogP contribution in [0.2, 0.25) is 0 Å². The molecule has 0 aliphatic carbocycles. The summed E-state index contributed by atoms with van der Waals surface area (Å²) in [4.78, 5) is 10.5. The maximum Gasteiger partial charge on any atom is 0.332 e. The van der Waals surface area contributed by atoms with Crippen LogP contribution in [0.4, 0.5) is 0 Å². The van der Waals surface area contributed by atoms with E-state index in [2.05, 4.69) is 4.72 Å². The highest BCUT2D eigenvalue weighted by atomic mass is 32.2. The van der Waals surface area contributed by atoms with Crippen molar-refractivity contribution in [3.05, 3.63) is 29.8 Å². The number of rotatable bonds is 7. The molecule has 0 bridgehead atoms. The molecular formula is C12H17NO5S. The number of carboxylic acids is 1. The first-order valence-electron chi connectivity index (χ1n) is 5.86. The normalized spacial score (nSPS) is 13.2. The lowest BCUT2D eigenvalue weighted by molar-refractivity contribution is -0.146. The summed E-state index contributed by atoms with van der Waals surface area (Å²) in [5.74, 6) is -1.37. The Morgan fingerprint density at radius 2 is 1.89 bits per heavy atom. The van der Waals surface area contributed by atoms with E-state index in [-0.39, 0.29) is 17.9 Å². The first kappa shape index (κ1) is 15.6. The molecule has 1 aromatic carbocycles. The van der Waals surface area contributed by atoms with Gasteiger partial charge in [0.2, 0.25) is 10.0 Å². The van der Waals surface area contributed by atoms with Gasteiger partial charge in [0, 0.05) is 6.54 Å². The number of carbonyl (C=O) groups is 1. The molecule has 1 aromatic rings. The summed E-state index contributed by atoms with van der Waals surface area (Å²) in [6.07, 6.45) is -0.926. The van der Waals surface area contributed by atoms with Crippen molar-refractivity contribution in [2.75, 3.05) is 6.54 Å². The number of aliphatic carboxylic acids is 1.